The fourth-order valence-electron chi connectivity index (χ4n) is 3.45. The summed E-state index contributed by atoms with van der Waals surface area (Å²) in [5, 5.41) is 0.0465. The largest absolute Gasteiger partial charge is 0.452 e. The van der Waals surface area contributed by atoms with Gasteiger partial charge < -0.3 is 4.74 Å². The fourth-order valence-corrected chi connectivity index (χ4v) is 4.00. The van der Waals surface area contributed by atoms with Crippen molar-refractivity contribution in [2.75, 3.05) is 0 Å². The van der Waals surface area contributed by atoms with E-state index in [1.807, 2.05) is 18.2 Å². The molecular weight excluding hydrogens is 409 g/mol. The Labute approximate surface area is 155 Å². The van der Waals surface area contributed by atoms with E-state index >= 15 is 0 Å². The van der Waals surface area contributed by atoms with Crippen molar-refractivity contribution in [2.45, 2.75) is 5.54 Å². The van der Waals surface area contributed by atoms with Gasteiger partial charge in [-0.25, -0.2) is 4.98 Å². The molecule has 0 fully saturated rings. The summed E-state index contributed by atoms with van der Waals surface area (Å²) in [6.45, 7) is 0. The Balaban J connectivity index is 1.95. The molecule has 4 heterocycles. The predicted octanol–water partition coefficient (Wildman–Crippen LogP) is 4.86. The van der Waals surface area contributed by atoms with Crippen LogP contribution in [0, 0.1) is 5.95 Å². The molecule has 0 saturated carbocycles. The van der Waals surface area contributed by atoms with Crippen LogP contribution in [-0.2, 0) is 5.54 Å². The second-order valence-corrected chi connectivity index (χ2v) is 7.09. The first kappa shape index (κ1) is 15.0. The highest BCUT2D eigenvalue weighted by molar-refractivity contribution is 9.10. The van der Waals surface area contributed by atoms with Gasteiger partial charge in [0, 0.05) is 45.3 Å². The van der Waals surface area contributed by atoms with E-state index in [0.717, 1.165) is 21.2 Å². The van der Waals surface area contributed by atoms with Crippen LogP contribution in [0.15, 0.2) is 52.2 Å². The molecule has 4 nitrogen and oxygen atoms in total. The number of halogens is 3. The highest BCUT2D eigenvalue weighted by Crippen LogP contribution is 2.55. The lowest BCUT2D eigenvalue weighted by Gasteiger charge is -2.35. The molecule has 1 aromatic carbocycles. The zero-order valence-electron chi connectivity index (χ0n) is 12.5. The van der Waals surface area contributed by atoms with Crippen LogP contribution in [0.1, 0.15) is 22.3 Å². The first-order valence-corrected chi connectivity index (χ1v) is 8.61. The van der Waals surface area contributed by atoms with Crippen molar-refractivity contribution < 1.29 is 9.13 Å². The molecule has 1 spiro atoms. The molecule has 0 aliphatic carbocycles. The minimum Gasteiger partial charge on any atom is -0.452 e. The molecule has 2 aliphatic heterocycles. The molecule has 25 heavy (non-hydrogen) atoms. The number of aliphatic imine (C=N–C) groups is 1. The summed E-state index contributed by atoms with van der Waals surface area (Å²) < 4.78 is 21.2. The minimum absolute atomic E-state index is 0.0353. The van der Waals surface area contributed by atoms with Crippen LogP contribution in [0.2, 0.25) is 5.15 Å². The van der Waals surface area contributed by atoms with Gasteiger partial charge in [-0.1, -0.05) is 27.5 Å². The molecule has 0 radical (unpaired) electrons. The lowest BCUT2D eigenvalue weighted by Crippen LogP contribution is -2.30. The van der Waals surface area contributed by atoms with E-state index in [9.17, 15) is 4.39 Å². The fraction of sp³-hybridized carbons (Fsp3) is 0.0556. The molecule has 0 saturated heterocycles. The van der Waals surface area contributed by atoms with Gasteiger partial charge in [0.05, 0.1) is 0 Å². The number of hydrogen-bond donors (Lipinski definition) is 0. The van der Waals surface area contributed by atoms with Gasteiger partial charge in [-0.15, -0.1) is 0 Å². The maximum Gasteiger partial charge on any atom is 0.257 e. The summed E-state index contributed by atoms with van der Waals surface area (Å²) in [7, 11) is 0. The number of hydrogen-bond acceptors (Lipinski definition) is 4. The Morgan fingerprint density at radius 2 is 2.00 bits per heavy atom. The van der Waals surface area contributed by atoms with E-state index in [2.05, 4.69) is 25.9 Å². The van der Waals surface area contributed by atoms with Gasteiger partial charge >= 0.3 is 0 Å². The van der Waals surface area contributed by atoms with Crippen LogP contribution >= 0.6 is 27.5 Å². The molecular formula is C18H8BrClFN3O. The smallest absolute Gasteiger partial charge is 0.257 e. The molecule has 7 heteroatoms. The van der Waals surface area contributed by atoms with Gasteiger partial charge in [0.15, 0.2) is 5.75 Å². The number of aromatic nitrogens is 2. The minimum atomic E-state index is -0.969. The SMILES string of the molecule is Fc1nc(Cl)cc2c1Oc1ccc(Br)cc1[C@@]21N=Cc2ccncc21. The van der Waals surface area contributed by atoms with Crippen molar-refractivity contribution in [2.24, 2.45) is 4.99 Å². The van der Waals surface area contributed by atoms with E-state index in [-0.39, 0.29) is 10.9 Å². The normalized spacial score (nSPS) is 19.3. The van der Waals surface area contributed by atoms with Gasteiger partial charge in [-0.3, -0.25) is 9.98 Å². The molecule has 3 aromatic rings. The number of benzene rings is 1. The highest BCUT2D eigenvalue weighted by Gasteiger charge is 2.48. The molecule has 0 N–H and O–H groups in total. The third-order valence-corrected chi connectivity index (χ3v) is 5.16. The van der Waals surface area contributed by atoms with E-state index in [4.69, 9.17) is 21.3 Å². The monoisotopic (exact) mass is 415 g/mol. The second-order valence-electron chi connectivity index (χ2n) is 5.79. The van der Waals surface area contributed by atoms with Crippen molar-refractivity contribution in [3.05, 3.63) is 80.6 Å². The lowest BCUT2D eigenvalue weighted by molar-refractivity contribution is 0.385. The van der Waals surface area contributed by atoms with Gasteiger partial charge in [-0.05, 0) is 30.3 Å². The molecule has 0 bridgehead atoms. The number of ether oxygens (including phenoxy) is 1. The summed E-state index contributed by atoms with van der Waals surface area (Å²) in [5.41, 5.74) is 2.10. The van der Waals surface area contributed by atoms with Crippen LogP contribution < -0.4 is 4.74 Å². The molecule has 2 aliphatic rings. The van der Waals surface area contributed by atoms with Crippen molar-refractivity contribution in [1.29, 1.82) is 0 Å². The van der Waals surface area contributed by atoms with Crippen molar-refractivity contribution in [3.63, 3.8) is 0 Å². The van der Waals surface area contributed by atoms with E-state index in [0.29, 0.717) is 11.3 Å². The summed E-state index contributed by atoms with van der Waals surface area (Å²) in [6.07, 6.45) is 5.21. The van der Waals surface area contributed by atoms with Crippen molar-refractivity contribution in [3.8, 4) is 11.5 Å². The van der Waals surface area contributed by atoms with Gasteiger partial charge in [0.25, 0.3) is 5.95 Å². The van der Waals surface area contributed by atoms with Crippen LogP contribution in [-0.4, -0.2) is 16.2 Å². The lowest BCUT2D eigenvalue weighted by atomic mass is 9.76. The average molecular weight is 417 g/mol. The molecule has 2 aromatic heterocycles. The predicted molar refractivity (Wildman–Crippen MR) is 95.1 cm³/mol. The first-order valence-electron chi connectivity index (χ1n) is 7.44. The summed E-state index contributed by atoms with van der Waals surface area (Å²) in [5.74, 6) is -0.205. The van der Waals surface area contributed by atoms with Gasteiger partial charge in [0.1, 0.15) is 16.4 Å². The highest BCUT2D eigenvalue weighted by atomic mass is 79.9. The molecule has 0 unspecified atom stereocenters. The van der Waals surface area contributed by atoms with Crippen molar-refractivity contribution in [1.82, 2.24) is 9.97 Å². The average Bonchev–Trinajstić information content (AvgIpc) is 2.98. The zero-order valence-corrected chi connectivity index (χ0v) is 14.8. The molecule has 0 amide bonds. The third kappa shape index (κ3) is 1.95. The summed E-state index contributed by atoms with van der Waals surface area (Å²) in [4.78, 5) is 12.7. The first-order chi connectivity index (χ1) is 12.1. The third-order valence-electron chi connectivity index (χ3n) is 4.48. The zero-order chi connectivity index (χ0) is 17.2. The molecule has 1 atom stereocenters. The van der Waals surface area contributed by atoms with Crippen LogP contribution in [0.4, 0.5) is 4.39 Å². The summed E-state index contributed by atoms with van der Waals surface area (Å²) >= 11 is 9.54. The maximum atomic E-state index is 14.5. The number of fused-ring (bicyclic) bond motifs is 6. The van der Waals surface area contributed by atoms with E-state index in [1.54, 1.807) is 30.7 Å². The number of rotatable bonds is 0. The van der Waals surface area contributed by atoms with Crippen LogP contribution in [0.5, 0.6) is 11.5 Å². The maximum absolute atomic E-state index is 14.5. The van der Waals surface area contributed by atoms with Gasteiger partial charge in [0.2, 0.25) is 0 Å². The van der Waals surface area contributed by atoms with Crippen LogP contribution in [0.25, 0.3) is 0 Å². The quantitative estimate of drug-likeness (QED) is 0.492. The molecule has 122 valence electrons. The Bertz CT molecular complexity index is 1090. The van der Waals surface area contributed by atoms with E-state index < -0.39 is 11.5 Å². The Kier molecular flexibility index (Phi) is 3.05. The standard InChI is InChI=1S/C18H8BrClFN3O/c19-10-1-2-14-11(5-10)18(13-8-22-4-3-9(13)7-23-18)12-6-15(20)24-17(21)16(12)25-14/h1-8H/t18-/m1/s1. The van der Waals surface area contributed by atoms with Gasteiger partial charge in [-0.2, -0.15) is 4.39 Å². The Morgan fingerprint density at radius 1 is 1.12 bits per heavy atom. The second kappa shape index (κ2) is 5.09. The topological polar surface area (TPSA) is 47.4 Å². The summed E-state index contributed by atoms with van der Waals surface area (Å²) in [6, 6.07) is 9.01. The number of pyridine rings is 2. The Morgan fingerprint density at radius 3 is 2.88 bits per heavy atom. The van der Waals surface area contributed by atoms with E-state index in [1.165, 1.54) is 0 Å². The number of nitrogens with zero attached hydrogens (tertiary/aromatic N) is 3. The van der Waals surface area contributed by atoms with Crippen LogP contribution in [0.3, 0.4) is 0 Å². The van der Waals surface area contributed by atoms with Crippen molar-refractivity contribution >= 4 is 33.7 Å². The molecule has 5 rings (SSSR count). The Hall–Kier alpha value is -2.31.